The smallest absolute Gasteiger partial charge is 0.322 e. The fourth-order valence-electron chi connectivity index (χ4n) is 3.59. The first-order valence-electron chi connectivity index (χ1n) is 10.9. The highest BCUT2D eigenvalue weighted by atomic mass is 32.2. The van der Waals surface area contributed by atoms with Gasteiger partial charge in [0, 0.05) is 34.2 Å². The quantitative estimate of drug-likeness (QED) is 0.222. The predicted molar refractivity (Wildman–Crippen MR) is 134 cm³/mol. The third-order valence-corrected chi connectivity index (χ3v) is 6.42. The molecule has 4 rings (SSSR count). The molecule has 4 aromatic rings. The molecule has 0 bridgehead atoms. The van der Waals surface area contributed by atoms with Crippen molar-refractivity contribution >= 4 is 40.0 Å². The first-order chi connectivity index (χ1) is 17.4. The Hall–Kier alpha value is -3.92. The number of aromatic nitrogens is 1. The van der Waals surface area contributed by atoms with Crippen molar-refractivity contribution in [3.05, 3.63) is 89.4 Å². The van der Waals surface area contributed by atoms with Gasteiger partial charge in [-0.15, -0.1) is 11.8 Å². The lowest BCUT2D eigenvalue weighted by Gasteiger charge is -2.17. The lowest BCUT2D eigenvalue weighted by atomic mass is 10.1. The van der Waals surface area contributed by atoms with Crippen LogP contribution in [0.3, 0.4) is 0 Å². The minimum atomic E-state index is -1.12. The number of benzene rings is 3. The van der Waals surface area contributed by atoms with Gasteiger partial charge in [-0.2, -0.15) is 0 Å². The van der Waals surface area contributed by atoms with Gasteiger partial charge < -0.3 is 20.5 Å². The molecule has 3 N–H and O–H groups in total. The summed E-state index contributed by atoms with van der Waals surface area (Å²) in [5.74, 6) is -2.71. The average Bonchev–Trinajstić information content (AvgIpc) is 2.86. The molecule has 0 radical (unpaired) electrons. The van der Waals surface area contributed by atoms with Crippen molar-refractivity contribution in [3.8, 4) is 5.75 Å². The second-order valence-electron chi connectivity index (χ2n) is 7.79. The Morgan fingerprint density at radius 1 is 1.03 bits per heavy atom. The number of anilines is 2. The number of ether oxygens (including phenoxy) is 1. The third kappa shape index (κ3) is 5.83. The van der Waals surface area contributed by atoms with E-state index in [4.69, 9.17) is 9.84 Å². The van der Waals surface area contributed by atoms with Crippen LogP contribution in [0.4, 0.5) is 24.5 Å². The normalized spacial score (nSPS) is 10.9. The number of hydrogen-bond donors (Lipinski definition) is 3. The van der Waals surface area contributed by atoms with E-state index in [-0.39, 0.29) is 29.2 Å². The molecule has 186 valence electrons. The Kier molecular flexibility index (Phi) is 7.84. The lowest BCUT2D eigenvalue weighted by molar-refractivity contribution is -0.134. The molecule has 1 aromatic heterocycles. The number of thioether (sulfide) groups is 1. The van der Waals surface area contributed by atoms with Crippen LogP contribution in [0.1, 0.15) is 11.1 Å². The molecule has 0 saturated carbocycles. The van der Waals surface area contributed by atoms with Gasteiger partial charge in [-0.05, 0) is 23.8 Å². The number of carboxylic acid groups (broad SMARTS) is 1. The van der Waals surface area contributed by atoms with Gasteiger partial charge in [0.2, 0.25) is 0 Å². The topological polar surface area (TPSA) is 83.5 Å². The molecular formula is C26H22F3N3O3S. The van der Waals surface area contributed by atoms with Crippen molar-refractivity contribution in [3.63, 3.8) is 0 Å². The van der Waals surface area contributed by atoms with Crippen LogP contribution in [0.2, 0.25) is 0 Å². The molecule has 0 aliphatic heterocycles. The summed E-state index contributed by atoms with van der Waals surface area (Å²) < 4.78 is 49.2. The van der Waals surface area contributed by atoms with E-state index in [9.17, 15) is 18.0 Å². The first kappa shape index (κ1) is 25.2. The molecule has 0 saturated heterocycles. The summed E-state index contributed by atoms with van der Waals surface area (Å²) in [5.41, 5.74) is 1.67. The number of hydrogen-bond acceptors (Lipinski definition) is 6. The van der Waals surface area contributed by atoms with E-state index in [1.807, 2.05) is 30.3 Å². The maximum absolute atomic E-state index is 14.9. The summed E-state index contributed by atoms with van der Waals surface area (Å²) in [7, 11) is 1.32. The zero-order chi connectivity index (χ0) is 25.7. The molecule has 0 aliphatic carbocycles. The molecular weight excluding hydrogens is 491 g/mol. The Labute approximate surface area is 209 Å². The molecule has 0 aliphatic rings. The number of pyridine rings is 1. The number of halogens is 3. The first-order valence-corrected chi connectivity index (χ1v) is 11.8. The highest BCUT2D eigenvalue weighted by Gasteiger charge is 2.17. The van der Waals surface area contributed by atoms with Gasteiger partial charge in [-0.25, -0.2) is 13.2 Å². The zero-order valence-corrected chi connectivity index (χ0v) is 20.0. The maximum atomic E-state index is 14.9. The van der Waals surface area contributed by atoms with Gasteiger partial charge in [0.05, 0.1) is 30.2 Å². The van der Waals surface area contributed by atoms with Gasteiger partial charge in [-0.3, -0.25) is 9.78 Å². The Balaban J connectivity index is 1.60. The number of nitrogens with one attached hydrogen (secondary N) is 2. The SMILES string of the molecule is COc1cc2ncc(NCC(=O)O)c(NCc3c(F)cc(SCc4ccccc4)cc3F)c2cc1F. The summed E-state index contributed by atoms with van der Waals surface area (Å²) in [6.07, 6.45) is 1.36. The maximum Gasteiger partial charge on any atom is 0.322 e. The van der Waals surface area contributed by atoms with Gasteiger partial charge >= 0.3 is 5.97 Å². The Morgan fingerprint density at radius 3 is 2.42 bits per heavy atom. The molecule has 1 heterocycles. The predicted octanol–water partition coefficient (Wildman–Crippen LogP) is 6.06. The van der Waals surface area contributed by atoms with Crippen LogP contribution in [0.15, 0.2) is 65.7 Å². The second kappa shape index (κ2) is 11.2. The Morgan fingerprint density at radius 2 is 1.75 bits per heavy atom. The van der Waals surface area contributed by atoms with Crippen molar-refractivity contribution in [2.24, 2.45) is 0 Å². The molecule has 6 nitrogen and oxygen atoms in total. The average molecular weight is 514 g/mol. The highest BCUT2D eigenvalue weighted by molar-refractivity contribution is 7.98. The molecule has 0 amide bonds. The number of methoxy groups -OCH3 is 1. The molecule has 0 spiro atoms. The van der Waals surface area contributed by atoms with Gasteiger partial charge in [0.1, 0.15) is 18.2 Å². The zero-order valence-electron chi connectivity index (χ0n) is 19.1. The number of carboxylic acids is 1. The van der Waals surface area contributed by atoms with Crippen LogP contribution in [-0.4, -0.2) is 29.7 Å². The largest absolute Gasteiger partial charge is 0.494 e. The molecule has 0 fully saturated rings. The van der Waals surface area contributed by atoms with Crippen molar-refractivity contribution in [1.29, 1.82) is 0 Å². The van der Waals surface area contributed by atoms with Crippen molar-refractivity contribution in [2.45, 2.75) is 17.2 Å². The van der Waals surface area contributed by atoms with Gasteiger partial charge in [0.15, 0.2) is 11.6 Å². The summed E-state index contributed by atoms with van der Waals surface area (Å²) in [6, 6.07) is 14.7. The van der Waals surface area contributed by atoms with Gasteiger partial charge in [0.25, 0.3) is 0 Å². The van der Waals surface area contributed by atoms with Crippen molar-refractivity contribution < 1.29 is 27.8 Å². The van der Waals surface area contributed by atoms with E-state index >= 15 is 0 Å². The van der Waals surface area contributed by atoms with Crippen LogP contribution in [0.25, 0.3) is 10.9 Å². The standard InChI is InChI=1S/C26H22F3N3O3S/c1-35-24-10-22-17(9-21(24)29)26(23(12-30-22)31-13-25(33)34)32-11-18-19(27)7-16(8-20(18)28)36-14-15-5-3-2-4-6-15/h2-10,12,31H,11,13-14H2,1H3,(H,30,32)(H,33,34). The van der Waals surface area contributed by atoms with Crippen LogP contribution in [0.5, 0.6) is 5.75 Å². The number of rotatable bonds is 10. The van der Waals surface area contributed by atoms with Crippen LogP contribution >= 0.6 is 11.8 Å². The van der Waals surface area contributed by atoms with E-state index in [0.717, 1.165) is 5.56 Å². The summed E-state index contributed by atoms with van der Waals surface area (Å²) in [6.45, 7) is -0.702. The van der Waals surface area contributed by atoms with E-state index in [1.54, 1.807) is 0 Å². The van der Waals surface area contributed by atoms with E-state index < -0.39 is 30.0 Å². The number of aliphatic carboxylic acids is 1. The highest BCUT2D eigenvalue weighted by Crippen LogP contribution is 2.34. The lowest BCUT2D eigenvalue weighted by Crippen LogP contribution is -2.15. The van der Waals surface area contributed by atoms with Gasteiger partial charge in [-0.1, -0.05) is 30.3 Å². The number of carbonyl (C=O) groups is 1. The summed E-state index contributed by atoms with van der Waals surface area (Å²) in [4.78, 5) is 15.7. The molecule has 0 unspecified atom stereocenters. The monoisotopic (exact) mass is 513 g/mol. The van der Waals surface area contributed by atoms with Crippen LogP contribution in [-0.2, 0) is 17.1 Å². The van der Waals surface area contributed by atoms with E-state index in [0.29, 0.717) is 21.6 Å². The van der Waals surface area contributed by atoms with E-state index in [2.05, 4.69) is 15.6 Å². The third-order valence-electron chi connectivity index (χ3n) is 5.38. The van der Waals surface area contributed by atoms with Crippen LogP contribution in [0, 0.1) is 17.5 Å². The summed E-state index contributed by atoms with van der Waals surface area (Å²) in [5, 5.41) is 14.9. The molecule has 0 atom stereocenters. The molecule has 3 aromatic carbocycles. The fourth-order valence-corrected chi connectivity index (χ4v) is 4.49. The van der Waals surface area contributed by atoms with Crippen LogP contribution < -0.4 is 15.4 Å². The Bertz CT molecular complexity index is 1380. The summed E-state index contributed by atoms with van der Waals surface area (Å²) >= 11 is 1.32. The minimum Gasteiger partial charge on any atom is -0.494 e. The molecule has 36 heavy (non-hydrogen) atoms. The molecule has 10 heteroatoms. The van der Waals surface area contributed by atoms with E-state index in [1.165, 1.54) is 49.3 Å². The minimum absolute atomic E-state index is 0.0205. The van der Waals surface area contributed by atoms with Crippen molar-refractivity contribution in [1.82, 2.24) is 4.98 Å². The van der Waals surface area contributed by atoms with Crippen molar-refractivity contribution in [2.75, 3.05) is 24.3 Å². The second-order valence-corrected chi connectivity index (χ2v) is 8.84. The number of nitrogens with zero attached hydrogens (tertiary/aromatic N) is 1. The fraction of sp³-hybridized carbons (Fsp3) is 0.154. The number of fused-ring (bicyclic) bond motifs is 1.